The van der Waals surface area contributed by atoms with Gasteiger partial charge in [-0.05, 0) is 43.9 Å². The third-order valence-corrected chi connectivity index (χ3v) is 4.14. The Morgan fingerprint density at radius 3 is 2.63 bits per heavy atom. The van der Waals surface area contributed by atoms with E-state index in [0.29, 0.717) is 6.04 Å². The summed E-state index contributed by atoms with van der Waals surface area (Å²) >= 11 is 0. The molecule has 0 aromatic heterocycles. The molecule has 1 aliphatic rings. The summed E-state index contributed by atoms with van der Waals surface area (Å²) in [7, 11) is 0. The number of aryl methyl sites for hydroxylation is 1. The zero-order valence-corrected chi connectivity index (χ0v) is 12.5. The number of nitrogens with zero attached hydrogens (tertiary/aromatic N) is 1. The fourth-order valence-electron chi connectivity index (χ4n) is 2.89. The summed E-state index contributed by atoms with van der Waals surface area (Å²) in [5.74, 6) is 0. The maximum atomic E-state index is 4.13. The van der Waals surface area contributed by atoms with Crippen LogP contribution in [0.3, 0.4) is 0 Å². The molecule has 0 amide bonds. The van der Waals surface area contributed by atoms with Crippen LogP contribution in [-0.2, 0) is 0 Å². The first-order chi connectivity index (χ1) is 9.09. The molecule has 104 valence electrons. The molecular weight excluding hydrogens is 232 g/mol. The average Bonchev–Trinajstić information content (AvgIpc) is 2.40. The fraction of sp³-hybridized carbons (Fsp3) is 0.529. The van der Waals surface area contributed by atoms with Crippen LogP contribution in [0.1, 0.15) is 36.1 Å². The van der Waals surface area contributed by atoms with Crippen LogP contribution in [0.5, 0.6) is 0 Å². The van der Waals surface area contributed by atoms with Crippen molar-refractivity contribution in [2.75, 3.05) is 26.2 Å². The number of rotatable bonds is 4. The molecule has 0 bridgehead atoms. The topological polar surface area (TPSA) is 15.3 Å². The predicted molar refractivity (Wildman–Crippen MR) is 82.5 cm³/mol. The molecule has 0 radical (unpaired) electrons. The van der Waals surface area contributed by atoms with Crippen LogP contribution in [-0.4, -0.2) is 31.1 Å². The first-order valence-electron chi connectivity index (χ1n) is 7.25. The molecule has 1 saturated heterocycles. The monoisotopic (exact) mass is 258 g/mol. The highest BCUT2D eigenvalue weighted by Gasteiger charge is 2.23. The van der Waals surface area contributed by atoms with Crippen LogP contribution < -0.4 is 5.32 Å². The van der Waals surface area contributed by atoms with Crippen LogP contribution in [0.2, 0.25) is 0 Å². The van der Waals surface area contributed by atoms with Gasteiger partial charge in [0.25, 0.3) is 0 Å². The third kappa shape index (κ3) is 3.46. The van der Waals surface area contributed by atoms with Crippen molar-refractivity contribution in [1.29, 1.82) is 0 Å². The lowest BCUT2D eigenvalue weighted by Gasteiger charge is -2.36. The summed E-state index contributed by atoms with van der Waals surface area (Å²) in [6.45, 7) is 15.2. The molecule has 0 spiro atoms. The van der Waals surface area contributed by atoms with Crippen molar-refractivity contribution in [1.82, 2.24) is 10.2 Å². The molecule has 1 atom stereocenters. The van der Waals surface area contributed by atoms with Gasteiger partial charge in [0.1, 0.15) is 0 Å². The molecule has 0 aliphatic carbocycles. The fourth-order valence-corrected chi connectivity index (χ4v) is 2.89. The predicted octanol–water partition coefficient (Wildman–Crippen LogP) is 3.22. The SMILES string of the molecule is C=C(C)C[C@@H](c1cccc(C)c1C)N1CCNCC1. The second-order valence-corrected chi connectivity index (χ2v) is 5.75. The maximum Gasteiger partial charge on any atom is 0.0388 e. The summed E-state index contributed by atoms with van der Waals surface area (Å²) in [6, 6.07) is 7.16. The van der Waals surface area contributed by atoms with E-state index in [1.807, 2.05) is 0 Å². The Morgan fingerprint density at radius 2 is 2.00 bits per heavy atom. The van der Waals surface area contributed by atoms with E-state index < -0.39 is 0 Å². The minimum atomic E-state index is 0.486. The summed E-state index contributed by atoms with van der Waals surface area (Å²) in [6.07, 6.45) is 1.06. The van der Waals surface area contributed by atoms with E-state index in [9.17, 15) is 0 Å². The Morgan fingerprint density at radius 1 is 1.32 bits per heavy atom. The largest absolute Gasteiger partial charge is 0.314 e. The lowest BCUT2D eigenvalue weighted by atomic mass is 9.92. The van der Waals surface area contributed by atoms with E-state index in [0.717, 1.165) is 32.6 Å². The van der Waals surface area contributed by atoms with Gasteiger partial charge in [0, 0.05) is 32.2 Å². The van der Waals surface area contributed by atoms with Gasteiger partial charge in [0.05, 0.1) is 0 Å². The minimum absolute atomic E-state index is 0.486. The van der Waals surface area contributed by atoms with Crippen molar-refractivity contribution in [2.45, 2.75) is 33.2 Å². The molecule has 2 nitrogen and oxygen atoms in total. The highest BCUT2D eigenvalue weighted by molar-refractivity contribution is 5.36. The van der Waals surface area contributed by atoms with E-state index in [1.165, 1.54) is 22.3 Å². The molecule has 19 heavy (non-hydrogen) atoms. The normalized spacial score (nSPS) is 18.3. The quantitative estimate of drug-likeness (QED) is 0.834. The van der Waals surface area contributed by atoms with Gasteiger partial charge < -0.3 is 5.32 Å². The zero-order chi connectivity index (χ0) is 13.8. The van der Waals surface area contributed by atoms with Gasteiger partial charge in [0.15, 0.2) is 0 Å². The summed E-state index contributed by atoms with van der Waals surface area (Å²) in [5, 5.41) is 3.44. The minimum Gasteiger partial charge on any atom is -0.314 e. The van der Waals surface area contributed by atoms with Crippen LogP contribution >= 0.6 is 0 Å². The number of hydrogen-bond donors (Lipinski definition) is 1. The lowest BCUT2D eigenvalue weighted by Crippen LogP contribution is -2.45. The second-order valence-electron chi connectivity index (χ2n) is 5.75. The van der Waals surface area contributed by atoms with Gasteiger partial charge >= 0.3 is 0 Å². The van der Waals surface area contributed by atoms with Gasteiger partial charge in [0.2, 0.25) is 0 Å². The highest BCUT2D eigenvalue weighted by Crippen LogP contribution is 2.30. The average molecular weight is 258 g/mol. The van der Waals surface area contributed by atoms with Crippen molar-refractivity contribution in [3.8, 4) is 0 Å². The van der Waals surface area contributed by atoms with Crippen molar-refractivity contribution in [3.63, 3.8) is 0 Å². The van der Waals surface area contributed by atoms with Gasteiger partial charge in [-0.25, -0.2) is 0 Å². The van der Waals surface area contributed by atoms with Crippen LogP contribution in [0.15, 0.2) is 30.4 Å². The van der Waals surface area contributed by atoms with Crippen molar-refractivity contribution >= 4 is 0 Å². The zero-order valence-electron chi connectivity index (χ0n) is 12.5. The summed E-state index contributed by atoms with van der Waals surface area (Å²) in [4.78, 5) is 2.60. The number of nitrogens with one attached hydrogen (secondary N) is 1. The molecule has 1 N–H and O–H groups in total. The molecular formula is C17H26N2. The Balaban J connectivity index is 2.30. The van der Waals surface area contributed by atoms with E-state index in [2.05, 4.69) is 55.8 Å². The third-order valence-electron chi connectivity index (χ3n) is 4.14. The molecule has 1 aliphatic heterocycles. The Labute approximate surface area is 117 Å². The van der Waals surface area contributed by atoms with Gasteiger partial charge in [-0.3, -0.25) is 4.90 Å². The van der Waals surface area contributed by atoms with E-state index in [1.54, 1.807) is 0 Å². The first kappa shape index (κ1) is 14.3. The number of benzene rings is 1. The van der Waals surface area contributed by atoms with Crippen LogP contribution in [0.25, 0.3) is 0 Å². The Hall–Kier alpha value is -1.12. The van der Waals surface area contributed by atoms with Gasteiger partial charge in [-0.1, -0.05) is 23.8 Å². The summed E-state index contributed by atoms with van der Waals surface area (Å²) in [5.41, 5.74) is 5.57. The van der Waals surface area contributed by atoms with Gasteiger partial charge in [-0.2, -0.15) is 0 Å². The second kappa shape index (κ2) is 6.36. The number of hydrogen-bond acceptors (Lipinski definition) is 2. The van der Waals surface area contributed by atoms with E-state index in [4.69, 9.17) is 0 Å². The first-order valence-corrected chi connectivity index (χ1v) is 7.25. The van der Waals surface area contributed by atoms with Crippen LogP contribution in [0.4, 0.5) is 0 Å². The highest BCUT2D eigenvalue weighted by atomic mass is 15.2. The molecule has 0 unspecified atom stereocenters. The maximum absolute atomic E-state index is 4.13. The smallest absolute Gasteiger partial charge is 0.0388 e. The molecule has 1 aromatic carbocycles. The van der Waals surface area contributed by atoms with Crippen LogP contribution in [0, 0.1) is 13.8 Å². The van der Waals surface area contributed by atoms with Crippen molar-refractivity contribution in [2.24, 2.45) is 0 Å². The molecule has 1 aromatic rings. The lowest BCUT2D eigenvalue weighted by molar-refractivity contribution is 0.172. The van der Waals surface area contributed by atoms with E-state index in [-0.39, 0.29) is 0 Å². The van der Waals surface area contributed by atoms with Gasteiger partial charge in [-0.15, -0.1) is 6.58 Å². The molecule has 2 heteroatoms. The molecule has 1 fully saturated rings. The van der Waals surface area contributed by atoms with E-state index >= 15 is 0 Å². The number of piperazine rings is 1. The Bertz CT molecular complexity index is 445. The molecule has 0 saturated carbocycles. The molecule has 1 heterocycles. The summed E-state index contributed by atoms with van der Waals surface area (Å²) < 4.78 is 0. The molecule has 2 rings (SSSR count). The Kier molecular flexibility index (Phi) is 4.78. The van der Waals surface area contributed by atoms with Crippen molar-refractivity contribution in [3.05, 3.63) is 47.0 Å². The standard InChI is InChI=1S/C17H26N2/c1-13(2)12-17(19-10-8-18-9-11-19)16-7-5-6-14(3)15(16)4/h5-7,17-18H,1,8-12H2,2-4H3/t17-/m0/s1. The van der Waals surface area contributed by atoms with Crippen molar-refractivity contribution < 1.29 is 0 Å².